The van der Waals surface area contributed by atoms with Crippen LogP contribution in [0.2, 0.25) is 5.02 Å². The molecule has 0 radical (unpaired) electrons. The van der Waals surface area contributed by atoms with Gasteiger partial charge in [-0.15, -0.1) is 35.3 Å². The Bertz CT molecular complexity index is 679. The number of rotatable bonds is 7. The summed E-state index contributed by atoms with van der Waals surface area (Å²) < 4.78 is 0. The number of amides is 1. The van der Waals surface area contributed by atoms with E-state index < -0.39 is 0 Å². The van der Waals surface area contributed by atoms with Crippen LogP contribution in [0.25, 0.3) is 0 Å². The number of carbonyl (C=O) groups is 1. The largest absolute Gasteiger partial charge is 0.356 e. The van der Waals surface area contributed by atoms with E-state index in [0.29, 0.717) is 25.6 Å². The van der Waals surface area contributed by atoms with Gasteiger partial charge < -0.3 is 16.0 Å². The van der Waals surface area contributed by atoms with Crippen LogP contribution < -0.4 is 16.0 Å². The van der Waals surface area contributed by atoms with E-state index in [2.05, 4.69) is 20.9 Å². The Kier molecular flexibility index (Phi) is 10.5. The zero-order valence-electron chi connectivity index (χ0n) is 13.9. The van der Waals surface area contributed by atoms with Crippen molar-refractivity contribution in [1.29, 1.82) is 0 Å². The number of thiophene rings is 1. The molecule has 0 unspecified atom stereocenters. The molecule has 0 aliphatic carbocycles. The average Bonchev–Trinajstić information content (AvgIpc) is 3.13. The van der Waals surface area contributed by atoms with E-state index in [1.165, 1.54) is 11.3 Å². The molecule has 8 heteroatoms. The van der Waals surface area contributed by atoms with E-state index in [0.717, 1.165) is 21.9 Å². The van der Waals surface area contributed by atoms with Gasteiger partial charge in [-0.2, -0.15) is 0 Å². The van der Waals surface area contributed by atoms with Gasteiger partial charge in [-0.3, -0.25) is 9.79 Å². The number of aliphatic imine (C=N–C) groups is 1. The van der Waals surface area contributed by atoms with E-state index in [9.17, 15) is 4.79 Å². The van der Waals surface area contributed by atoms with Crippen molar-refractivity contribution in [3.63, 3.8) is 0 Å². The molecule has 0 saturated carbocycles. The van der Waals surface area contributed by atoms with Crippen LogP contribution in [0.15, 0.2) is 46.8 Å². The first kappa shape index (κ1) is 21.7. The van der Waals surface area contributed by atoms with Crippen LogP contribution in [-0.4, -0.2) is 32.0 Å². The SMILES string of the molecule is CN=C(NCCCNC(=O)c1cccs1)NCc1ccccc1Cl.I. The molecule has 0 spiro atoms. The molecule has 0 aliphatic rings. The highest BCUT2D eigenvalue weighted by Crippen LogP contribution is 2.14. The molecule has 25 heavy (non-hydrogen) atoms. The molecule has 0 saturated heterocycles. The number of nitrogens with zero attached hydrogens (tertiary/aromatic N) is 1. The highest BCUT2D eigenvalue weighted by Gasteiger charge is 2.05. The van der Waals surface area contributed by atoms with Crippen molar-refractivity contribution in [1.82, 2.24) is 16.0 Å². The molecule has 2 rings (SSSR count). The van der Waals surface area contributed by atoms with Crippen LogP contribution in [0.3, 0.4) is 0 Å². The minimum atomic E-state index is -0.0220. The second kappa shape index (κ2) is 12.1. The highest BCUT2D eigenvalue weighted by atomic mass is 127. The number of hydrogen-bond donors (Lipinski definition) is 3. The van der Waals surface area contributed by atoms with Crippen molar-refractivity contribution >= 4 is 58.8 Å². The summed E-state index contributed by atoms with van der Waals surface area (Å²) in [6.45, 7) is 1.94. The van der Waals surface area contributed by atoms with Gasteiger partial charge in [0, 0.05) is 31.7 Å². The van der Waals surface area contributed by atoms with Gasteiger partial charge in [0.05, 0.1) is 4.88 Å². The van der Waals surface area contributed by atoms with E-state index >= 15 is 0 Å². The van der Waals surface area contributed by atoms with Crippen LogP contribution in [0.5, 0.6) is 0 Å². The van der Waals surface area contributed by atoms with Crippen molar-refractivity contribution in [2.45, 2.75) is 13.0 Å². The van der Waals surface area contributed by atoms with E-state index in [-0.39, 0.29) is 29.9 Å². The summed E-state index contributed by atoms with van der Waals surface area (Å²) in [5.74, 6) is 0.686. The summed E-state index contributed by atoms with van der Waals surface area (Å²) in [5.41, 5.74) is 1.02. The molecule has 1 aromatic heterocycles. The normalized spacial score (nSPS) is 10.7. The van der Waals surface area contributed by atoms with E-state index in [1.54, 1.807) is 7.05 Å². The lowest BCUT2D eigenvalue weighted by Crippen LogP contribution is -2.38. The van der Waals surface area contributed by atoms with Crippen LogP contribution in [0.1, 0.15) is 21.7 Å². The smallest absolute Gasteiger partial charge is 0.261 e. The third kappa shape index (κ3) is 7.62. The molecule has 3 N–H and O–H groups in total. The fourth-order valence-corrected chi connectivity index (χ4v) is 2.88. The fourth-order valence-electron chi connectivity index (χ4n) is 2.03. The highest BCUT2D eigenvalue weighted by molar-refractivity contribution is 14.0. The Morgan fingerprint density at radius 3 is 2.56 bits per heavy atom. The standard InChI is InChI=1S/C17H21ClN4OS.HI/c1-19-17(22-12-13-6-2-3-7-14(13)18)21-10-5-9-20-16(23)15-8-4-11-24-15;/h2-4,6-8,11H,5,9-10,12H2,1H3,(H,20,23)(H2,19,21,22);1H. The zero-order valence-corrected chi connectivity index (χ0v) is 17.8. The lowest BCUT2D eigenvalue weighted by Gasteiger charge is -2.12. The van der Waals surface area contributed by atoms with E-state index in [1.807, 2.05) is 41.8 Å². The molecule has 1 amide bonds. The molecular weight excluding hydrogens is 471 g/mol. The maximum atomic E-state index is 11.8. The number of halogens is 2. The predicted octanol–water partition coefficient (Wildman–Crippen LogP) is 3.50. The first-order valence-corrected chi connectivity index (χ1v) is 8.96. The molecule has 136 valence electrons. The van der Waals surface area contributed by atoms with Gasteiger partial charge in [0.15, 0.2) is 5.96 Å². The summed E-state index contributed by atoms with van der Waals surface area (Å²) in [6, 6.07) is 11.4. The number of guanidine groups is 1. The summed E-state index contributed by atoms with van der Waals surface area (Å²) in [5, 5.41) is 12.0. The second-order valence-corrected chi connectivity index (χ2v) is 6.39. The number of hydrogen-bond acceptors (Lipinski definition) is 3. The van der Waals surface area contributed by atoms with Gasteiger partial charge in [-0.05, 0) is 29.5 Å². The monoisotopic (exact) mass is 492 g/mol. The summed E-state index contributed by atoms with van der Waals surface area (Å²) in [6.07, 6.45) is 0.809. The minimum absolute atomic E-state index is 0. The van der Waals surface area contributed by atoms with Crippen molar-refractivity contribution < 1.29 is 4.79 Å². The van der Waals surface area contributed by atoms with Crippen molar-refractivity contribution in [2.24, 2.45) is 4.99 Å². The Morgan fingerprint density at radius 1 is 1.12 bits per heavy atom. The Balaban J connectivity index is 0.00000312. The van der Waals surface area contributed by atoms with Crippen LogP contribution >= 0.6 is 46.9 Å². The summed E-state index contributed by atoms with van der Waals surface area (Å²) >= 11 is 7.57. The molecule has 0 atom stereocenters. The Hall–Kier alpha value is -1.32. The van der Waals surface area contributed by atoms with Crippen LogP contribution in [0, 0.1) is 0 Å². The molecule has 0 bridgehead atoms. The third-order valence-electron chi connectivity index (χ3n) is 3.30. The quantitative estimate of drug-likeness (QED) is 0.240. The third-order valence-corrected chi connectivity index (χ3v) is 4.54. The van der Waals surface area contributed by atoms with Crippen molar-refractivity contribution in [2.75, 3.05) is 20.1 Å². The van der Waals surface area contributed by atoms with Crippen LogP contribution in [-0.2, 0) is 6.54 Å². The fraction of sp³-hybridized carbons (Fsp3) is 0.294. The number of nitrogens with one attached hydrogen (secondary N) is 3. The molecule has 0 fully saturated rings. The van der Waals surface area contributed by atoms with Crippen LogP contribution in [0.4, 0.5) is 0 Å². The van der Waals surface area contributed by atoms with Gasteiger partial charge in [-0.1, -0.05) is 35.9 Å². The zero-order chi connectivity index (χ0) is 17.2. The lowest BCUT2D eigenvalue weighted by atomic mass is 10.2. The topological polar surface area (TPSA) is 65.5 Å². The maximum Gasteiger partial charge on any atom is 0.261 e. The average molecular weight is 493 g/mol. The molecule has 2 aromatic rings. The summed E-state index contributed by atoms with van der Waals surface area (Å²) in [7, 11) is 1.72. The van der Waals surface area contributed by atoms with Gasteiger partial charge in [0.1, 0.15) is 0 Å². The Labute approximate surface area is 174 Å². The number of carbonyl (C=O) groups excluding carboxylic acids is 1. The van der Waals surface area contributed by atoms with Gasteiger partial charge in [-0.25, -0.2) is 0 Å². The predicted molar refractivity (Wildman–Crippen MR) is 116 cm³/mol. The molecular formula is C17H22ClIN4OS. The van der Waals surface area contributed by atoms with Gasteiger partial charge in [0.25, 0.3) is 5.91 Å². The van der Waals surface area contributed by atoms with Crippen molar-refractivity contribution in [3.05, 3.63) is 57.2 Å². The first-order valence-electron chi connectivity index (χ1n) is 7.70. The van der Waals surface area contributed by atoms with Gasteiger partial charge in [0.2, 0.25) is 0 Å². The first-order chi connectivity index (χ1) is 11.7. The minimum Gasteiger partial charge on any atom is -0.356 e. The maximum absolute atomic E-state index is 11.8. The molecule has 0 aliphatic heterocycles. The molecule has 1 heterocycles. The molecule has 1 aromatic carbocycles. The Morgan fingerprint density at radius 2 is 1.88 bits per heavy atom. The van der Waals surface area contributed by atoms with Gasteiger partial charge >= 0.3 is 0 Å². The van der Waals surface area contributed by atoms with E-state index in [4.69, 9.17) is 11.6 Å². The summed E-state index contributed by atoms with van der Waals surface area (Å²) in [4.78, 5) is 16.7. The second-order valence-electron chi connectivity index (χ2n) is 5.03. The lowest BCUT2D eigenvalue weighted by molar-refractivity contribution is 0.0957. The number of benzene rings is 1. The molecule has 5 nitrogen and oxygen atoms in total. The van der Waals surface area contributed by atoms with Crippen molar-refractivity contribution in [3.8, 4) is 0 Å².